The summed E-state index contributed by atoms with van der Waals surface area (Å²) in [6.07, 6.45) is 2.20. The first-order chi connectivity index (χ1) is 15.9. The highest BCUT2D eigenvalue weighted by Gasteiger charge is 2.23. The van der Waals surface area contributed by atoms with E-state index in [1.807, 2.05) is 24.3 Å². The summed E-state index contributed by atoms with van der Waals surface area (Å²) in [5.41, 5.74) is 6.89. The lowest BCUT2D eigenvalue weighted by atomic mass is 9.99. The monoisotopic (exact) mass is 441 g/mol. The summed E-state index contributed by atoms with van der Waals surface area (Å²) >= 11 is 0. The molecule has 4 aromatic rings. The zero-order chi connectivity index (χ0) is 23.1. The second kappa shape index (κ2) is 8.05. The molecule has 5 rings (SSSR count). The van der Waals surface area contributed by atoms with Crippen LogP contribution >= 0.6 is 0 Å². The topological polar surface area (TPSA) is 111 Å². The molecule has 0 fully saturated rings. The number of hydrogen-bond donors (Lipinski definition) is 3. The number of aromatic nitrogens is 3. The van der Waals surface area contributed by atoms with Crippen LogP contribution in [0.1, 0.15) is 34.2 Å². The SMILES string of the molecule is CC(=O)Nc1cccc(-c2ccc3[nH]c4c(c3c2)CN(c2ncc(C(=O)O)c(C)n2)CC4)c1. The predicted molar refractivity (Wildman–Crippen MR) is 127 cm³/mol. The van der Waals surface area contributed by atoms with Crippen LogP contribution in [0.3, 0.4) is 0 Å². The van der Waals surface area contributed by atoms with Crippen molar-refractivity contribution in [2.24, 2.45) is 0 Å². The second-order valence-corrected chi connectivity index (χ2v) is 8.25. The van der Waals surface area contributed by atoms with Gasteiger partial charge in [0.05, 0.1) is 11.3 Å². The highest BCUT2D eigenvalue weighted by molar-refractivity contribution is 5.92. The average Bonchev–Trinajstić information content (AvgIpc) is 3.15. The molecule has 0 bridgehead atoms. The molecule has 8 heteroatoms. The van der Waals surface area contributed by atoms with Crippen LogP contribution in [0, 0.1) is 6.92 Å². The number of carboxylic acid groups (broad SMARTS) is 1. The molecule has 2 aromatic heterocycles. The number of carboxylic acids is 1. The number of nitrogens with one attached hydrogen (secondary N) is 2. The maximum atomic E-state index is 11.4. The van der Waals surface area contributed by atoms with Crippen molar-refractivity contribution in [1.82, 2.24) is 15.0 Å². The number of hydrogen-bond acceptors (Lipinski definition) is 5. The maximum absolute atomic E-state index is 11.4. The lowest BCUT2D eigenvalue weighted by Crippen LogP contribution is -2.31. The Morgan fingerprint density at radius 1 is 1.15 bits per heavy atom. The first kappa shape index (κ1) is 20.7. The molecule has 1 amide bonds. The fourth-order valence-corrected chi connectivity index (χ4v) is 4.36. The number of aryl methyl sites for hydroxylation is 1. The molecule has 1 aliphatic heterocycles. The highest BCUT2D eigenvalue weighted by atomic mass is 16.4. The van der Waals surface area contributed by atoms with E-state index in [2.05, 4.69) is 43.4 Å². The van der Waals surface area contributed by atoms with Crippen molar-refractivity contribution in [3.8, 4) is 11.1 Å². The molecule has 0 saturated heterocycles. The smallest absolute Gasteiger partial charge is 0.339 e. The molecule has 33 heavy (non-hydrogen) atoms. The van der Waals surface area contributed by atoms with Gasteiger partial charge in [0.25, 0.3) is 0 Å². The van der Waals surface area contributed by atoms with E-state index < -0.39 is 5.97 Å². The summed E-state index contributed by atoms with van der Waals surface area (Å²) in [5, 5.41) is 13.2. The Hall–Kier alpha value is -4.20. The number of benzene rings is 2. The molecule has 166 valence electrons. The molecule has 0 aliphatic carbocycles. The summed E-state index contributed by atoms with van der Waals surface area (Å²) in [4.78, 5) is 37.1. The molecule has 0 spiro atoms. The third-order valence-electron chi connectivity index (χ3n) is 5.97. The number of amides is 1. The lowest BCUT2D eigenvalue weighted by molar-refractivity contribution is -0.114. The van der Waals surface area contributed by atoms with Gasteiger partial charge in [0.2, 0.25) is 11.9 Å². The molecule has 8 nitrogen and oxygen atoms in total. The minimum Gasteiger partial charge on any atom is -0.478 e. The Bertz CT molecular complexity index is 1410. The number of anilines is 2. The first-order valence-electron chi connectivity index (χ1n) is 10.7. The van der Waals surface area contributed by atoms with Gasteiger partial charge < -0.3 is 20.3 Å². The molecule has 0 atom stereocenters. The number of aromatic amines is 1. The van der Waals surface area contributed by atoms with Gasteiger partial charge in [0.1, 0.15) is 0 Å². The van der Waals surface area contributed by atoms with Crippen LogP contribution in [-0.4, -0.2) is 38.5 Å². The minimum atomic E-state index is -1.02. The van der Waals surface area contributed by atoms with Gasteiger partial charge in [-0.05, 0) is 42.3 Å². The van der Waals surface area contributed by atoms with Crippen molar-refractivity contribution in [3.05, 3.63) is 71.2 Å². The number of fused-ring (bicyclic) bond motifs is 3. The van der Waals surface area contributed by atoms with Crippen LogP contribution in [0.25, 0.3) is 22.0 Å². The normalized spacial score (nSPS) is 13.1. The number of H-pyrrole nitrogens is 1. The van der Waals surface area contributed by atoms with E-state index in [4.69, 9.17) is 0 Å². The van der Waals surface area contributed by atoms with Crippen LogP contribution in [0.15, 0.2) is 48.7 Å². The Kier molecular flexibility index (Phi) is 5.05. The summed E-state index contributed by atoms with van der Waals surface area (Å²) in [6, 6.07) is 14.1. The Morgan fingerprint density at radius 3 is 2.73 bits per heavy atom. The van der Waals surface area contributed by atoms with E-state index in [0.717, 1.165) is 40.7 Å². The van der Waals surface area contributed by atoms with Crippen molar-refractivity contribution in [2.75, 3.05) is 16.8 Å². The van der Waals surface area contributed by atoms with Crippen molar-refractivity contribution >= 4 is 34.4 Å². The van der Waals surface area contributed by atoms with Crippen LogP contribution in [0.5, 0.6) is 0 Å². The van der Waals surface area contributed by atoms with Crippen LogP contribution in [-0.2, 0) is 17.8 Å². The van der Waals surface area contributed by atoms with Gasteiger partial charge in [-0.25, -0.2) is 14.8 Å². The fraction of sp³-hybridized carbons (Fsp3) is 0.200. The van der Waals surface area contributed by atoms with Gasteiger partial charge in [0.15, 0.2) is 0 Å². The minimum absolute atomic E-state index is 0.101. The van der Waals surface area contributed by atoms with Crippen molar-refractivity contribution in [2.45, 2.75) is 26.8 Å². The summed E-state index contributed by atoms with van der Waals surface area (Å²) in [6.45, 7) is 4.57. The van der Waals surface area contributed by atoms with E-state index in [1.54, 1.807) is 6.92 Å². The molecule has 2 aromatic carbocycles. The van der Waals surface area contributed by atoms with Gasteiger partial charge >= 0.3 is 5.97 Å². The fourth-order valence-electron chi connectivity index (χ4n) is 4.36. The molecular formula is C25H23N5O3. The van der Waals surface area contributed by atoms with Gasteiger partial charge in [0, 0.05) is 60.5 Å². The van der Waals surface area contributed by atoms with Crippen molar-refractivity contribution < 1.29 is 14.7 Å². The molecule has 3 N–H and O–H groups in total. The lowest BCUT2D eigenvalue weighted by Gasteiger charge is -2.27. The van der Waals surface area contributed by atoms with Crippen LogP contribution in [0.4, 0.5) is 11.6 Å². The van der Waals surface area contributed by atoms with Crippen molar-refractivity contribution in [3.63, 3.8) is 0 Å². The number of carbonyl (C=O) groups excluding carboxylic acids is 1. The Balaban J connectivity index is 1.49. The largest absolute Gasteiger partial charge is 0.478 e. The summed E-state index contributed by atoms with van der Waals surface area (Å²) in [5.74, 6) is -0.584. The summed E-state index contributed by atoms with van der Waals surface area (Å²) in [7, 11) is 0. The summed E-state index contributed by atoms with van der Waals surface area (Å²) < 4.78 is 0. The molecule has 0 radical (unpaired) electrons. The predicted octanol–water partition coefficient (Wildman–Crippen LogP) is 4.15. The zero-order valence-electron chi connectivity index (χ0n) is 18.3. The number of nitrogens with zero attached hydrogens (tertiary/aromatic N) is 3. The van der Waals surface area contributed by atoms with Crippen molar-refractivity contribution in [1.29, 1.82) is 0 Å². The number of rotatable bonds is 4. The Morgan fingerprint density at radius 2 is 1.97 bits per heavy atom. The van der Waals surface area contributed by atoms with Crippen LogP contribution < -0.4 is 10.2 Å². The molecule has 0 unspecified atom stereocenters. The number of carbonyl (C=O) groups is 2. The van der Waals surface area contributed by atoms with E-state index in [9.17, 15) is 14.7 Å². The highest BCUT2D eigenvalue weighted by Crippen LogP contribution is 2.33. The maximum Gasteiger partial charge on any atom is 0.339 e. The van der Waals surface area contributed by atoms with E-state index in [0.29, 0.717) is 18.2 Å². The molecule has 3 heterocycles. The molecule has 0 saturated carbocycles. The molecule has 1 aliphatic rings. The number of aromatic carboxylic acids is 1. The van der Waals surface area contributed by atoms with E-state index in [-0.39, 0.29) is 11.5 Å². The second-order valence-electron chi connectivity index (χ2n) is 8.25. The van der Waals surface area contributed by atoms with Gasteiger partial charge in [-0.1, -0.05) is 18.2 Å². The quantitative estimate of drug-likeness (QED) is 0.439. The first-order valence-corrected chi connectivity index (χ1v) is 10.7. The Labute approximate surface area is 190 Å². The van der Waals surface area contributed by atoms with Gasteiger partial charge in [-0.15, -0.1) is 0 Å². The third-order valence-corrected chi connectivity index (χ3v) is 5.97. The average molecular weight is 441 g/mol. The standard InChI is InChI=1S/C25H23N5O3/c1-14-20(24(32)33)12-26-25(27-14)30-9-8-23-21(13-30)19-11-17(6-7-22(19)29-23)16-4-3-5-18(10-16)28-15(2)31/h3-7,10-12,29H,8-9,13H2,1-2H3,(H,28,31)(H,32,33). The molecular weight excluding hydrogens is 418 g/mol. The van der Waals surface area contributed by atoms with E-state index in [1.165, 1.54) is 24.4 Å². The zero-order valence-corrected chi connectivity index (χ0v) is 18.3. The van der Waals surface area contributed by atoms with Gasteiger partial charge in [-0.3, -0.25) is 4.79 Å². The third kappa shape index (κ3) is 3.91. The van der Waals surface area contributed by atoms with Gasteiger partial charge in [-0.2, -0.15) is 0 Å². The van der Waals surface area contributed by atoms with Crippen LogP contribution in [0.2, 0.25) is 0 Å². The van der Waals surface area contributed by atoms with E-state index >= 15 is 0 Å².